The topological polar surface area (TPSA) is 69.7 Å². The van der Waals surface area contributed by atoms with Gasteiger partial charge in [-0.15, -0.1) is 5.53 Å². The first-order valence-electron chi connectivity index (χ1n) is 10.5. The van der Waals surface area contributed by atoms with E-state index in [0.29, 0.717) is 31.1 Å². The lowest BCUT2D eigenvalue weighted by Gasteiger charge is -2.35. The number of amides is 1. The largest absolute Gasteiger partial charge is 0.490 e. The Morgan fingerprint density at radius 3 is 2.82 bits per heavy atom. The SMILES string of the molecule is CCCOc1cccnc1N1NNC2=C1CCN(C(=O)c1cccc(C(F)(F)F)c1Cl)C2C. The van der Waals surface area contributed by atoms with Crippen LogP contribution in [0.2, 0.25) is 5.02 Å². The summed E-state index contributed by atoms with van der Waals surface area (Å²) < 4.78 is 45.5. The van der Waals surface area contributed by atoms with Crippen molar-refractivity contribution >= 4 is 23.3 Å². The normalized spacial score (nSPS) is 18.3. The number of ether oxygens (including phenoxy) is 1. The number of nitrogens with one attached hydrogen (secondary N) is 2. The van der Waals surface area contributed by atoms with Gasteiger partial charge in [0.1, 0.15) is 0 Å². The van der Waals surface area contributed by atoms with Gasteiger partial charge in [0.05, 0.1) is 40.2 Å². The van der Waals surface area contributed by atoms with Crippen LogP contribution < -0.4 is 20.7 Å². The molecule has 1 amide bonds. The van der Waals surface area contributed by atoms with Gasteiger partial charge in [0.15, 0.2) is 11.6 Å². The van der Waals surface area contributed by atoms with Gasteiger partial charge in [0.2, 0.25) is 0 Å². The zero-order valence-electron chi connectivity index (χ0n) is 18.0. The zero-order chi connectivity index (χ0) is 23.8. The van der Waals surface area contributed by atoms with E-state index >= 15 is 0 Å². The third-order valence-electron chi connectivity index (χ3n) is 5.58. The average molecular weight is 482 g/mol. The first-order valence-corrected chi connectivity index (χ1v) is 10.9. The number of alkyl halides is 3. The lowest BCUT2D eigenvalue weighted by Crippen LogP contribution is -2.46. The third-order valence-corrected chi connectivity index (χ3v) is 5.98. The number of halogens is 4. The number of aromatic nitrogens is 1. The maximum Gasteiger partial charge on any atom is 0.417 e. The molecular weight excluding hydrogens is 459 g/mol. The fourth-order valence-electron chi connectivity index (χ4n) is 3.95. The molecule has 1 unspecified atom stereocenters. The van der Waals surface area contributed by atoms with Crippen LogP contribution in [0.1, 0.15) is 42.6 Å². The summed E-state index contributed by atoms with van der Waals surface area (Å²) in [5.41, 5.74) is 6.54. The van der Waals surface area contributed by atoms with E-state index in [2.05, 4.69) is 15.9 Å². The molecule has 0 radical (unpaired) electrons. The van der Waals surface area contributed by atoms with Gasteiger partial charge in [-0.05, 0) is 37.6 Å². The van der Waals surface area contributed by atoms with Crippen LogP contribution in [0.4, 0.5) is 19.0 Å². The van der Waals surface area contributed by atoms with Gasteiger partial charge in [-0.3, -0.25) is 4.79 Å². The second-order valence-corrected chi connectivity index (χ2v) is 8.07. The molecule has 1 atom stereocenters. The summed E-state index contributed by atoms with van der Waals surface area (Å²) in [5.74, 6) is 0.635. The van der Waals surface area contributed by atoms with Crippen molar-refractivity contribution in [1.29, 1.82) is 0 Å². The smallest absolute Gasteiger partial charge is 0.417 e. The monoisotopic (exact) mass is 481 g/mol. The number of carbonyl (C=O) groups is 1. The molecule has 0 aliphatic carbocycles. The fraction of sp³-hybridized carbons (Fsp3) is 0.364. The molecule has 4 rings (SSSR count). The number of benzene rings is 1. The molecule has 0 fully saturated rings. The molecule has 2 aliphatic heterocycles. The number of carbonyl (C=O) groups excluding carboxylic acids is 1. The molecule has 1 aromatic carbocycles. The van der Waals surface area contributed by atoms with Crippen molar-refractivity contribution in [3.05, 3.63) is 64.1 Å². The molecule has 2 N–H and O–H groups in total. The number of hydrogen-bond donors (Lipinski definition) is 2. The summed E-state index contributed by atoms with van der Waals surface area (Å²) in [7, 11) is 0. The van der Waals surface area contributed by atoms with Crippen molar-refractivity contribution in [3.63, 3.8) is 0 Å². The number of pyridine rings is 1. The molecule has 0 saturated heterocycles. The Morgan fingerprint density at radius 2 is 2.09 bits per heavy atom. The van der Waals surface area contributed by atoms with Crippen molar-refractivity contribution in [2.24, 2.45) is 0 Å². The van der Waals surface area contributed by atoms with E-state index in [-0.39, 0.29) is 5.56 Å². The molecule has 176 valence electrons. The lowest BCUT2D eigenvalue weighted by atomic mass is 10.0. The van der Waals surface area contributed by atoms with Gasteiger partial charge in [-0.25, -0.2) is 9.99 Å². The van der Waals surface area contributed by atoms with Crippen LogP contribution in [0.3, 0.4) is 0 Å². The highest BCUT2D eigenvalue weighted by molar-refractivity contribution is 6.34. The number of hydrogen-bond acceptors (Lipinski definition) is 6. The van der Waals surface area contributed by atoms with Crippen molar-refractivity contribution in [2.45, 2.75) is 38.9 Å². The van der Waals surface area contributed by atoms with Crippen LogP contribution in [0.25, 0.3) is 0 Å². The number of rotatable bonds is 5. The van der Waals surface area contributed by atoms with E-state index in [1.807, 2.05) is 13.0 Å². The van der Waals surface area contributed by atoms with Crippen molar-refractivity contribution in [1.82, 2.24) is 20.8 Å². The molecule has 2 aliphatic rings. The quantitative estimate of drug-likeness (QED) is 0.654. The Hall–Kier alpha value is -2.98. The third kappa shape index (κ3) is 4.32. The standard InChI is InChI=1S/C22H23ClF3N5O2/c1-3-12-33-17-8-5-10-27-20(17)31-16-9-11-30(13(2)19(16)28-29-31)21(32)14-6-4-7-15(18(14)23)22(24,25)26/h4-8,10,13,28-29H,3,9,11-12H2,1-2H3. The second kappa shape index (κ2) is 9.11. The van der Waals surface area contributed by atoms with Crippen LogP contribution >= 0.6 is 11.6 Å². The maximum absolute atomic E-state index is 13.2. The summed E-state index contributed by atoms with van der Waals surface area (Å²) in [6, 6.07) is 6.55. The van der Waals surface area contributed by atoms with E-state index in [1.54, 1.807) is 24.2 Å². The molecule has 0 bridgehead atoms. The van der Waals surface area contributed by atoms with Crippen molar-refractivity contribution < 1.29 is 22.7 Å². The van der Waals surface area contributed by atoms with Crippen LogP contribution in [-0.2, 0) is 6.18 Å². The van der Waals surface area contributed by atoms with Gasteiger partial charge in [-0.1, -0.05) is 24.6 Å². The summed E-state index contributed by atoms with van der Waals surface area (Å²) in [5, 5.41) is 1.18. The van der Waals surface area contributed by atoms with Gasteiger partial charge >= 0.3 is 6.18 Å². The highest BCUT2D eigenvalue weighted by Crippen LogP contribution is 2.38. The number of anilines is 1. The van der Waals surface area contributed by atoms with Crippen LogP contribution in [0.15, 0.2) is 47.9 Å². The summed E-state index contributed by atoms with van der Waals surface area (Å²) >= 11 is 5.99. The predicted molar refractivity (Wildman–Crippen MR) is 117 cm³/mol. The Balaban J connectivity index is 1.61. The Kier molecular flexibility index (Phi) is 6.40. The maximum atomic E-state index is 13.2. The zero-order valence-corrected chi connectivity index (χ0v) is 18.8. The van der Waals surface area contributed by atoms with Crippen molar-refractivity contribution in [3.8, 4) is 5.75 Å². The van der Waals surface area contributed by atoms with E-state index in [0.717, 1.165) is 23.9 Å². The summed E-state index contributed by atoms with van der Waals surface area (Å²) in [6.07, 6.45) is -1.69. The molecule has 3 heterocycles. The molecule has 7 nitrogen and oxygen atoms in total. The molecule has 1 aromatic heterocycles. The highest BCUT2D eigenvalue weighted by Gasteiger charge is 2.39. The molecular formula is C22H23ClF3N5O2. The number of hydrazine groups is 2. The van der Waals surface area contributed by atoms with Crippen LogP contribution in [0, 0.1) is 0 Å². The first-order chi connectivity index (χ1) is 15.7. The first kappa shape index (κ1) is 23.2. The molecule has 0 spiro atoms. The molecule has 0 saturated carbocycles. The number of nitrogens with zero attached hydrogens (tertiary/aromatic N) is 3. The van der Waals surface area contributed by atoms with E-state index in [9.17, 15) is 18.0 Å². The summed E-state index contributed by atoms with van der Waals surface area (Å²) in [4.78, 5) is 19.1. The van der Waals surface area contributed by atoms with E-state index < -0.39 is 28.7 Å². The average Bonchev–Trinajstić information content (AvgIpc) is 3.22. The van der Waals surface area contributed by atoms with Crippen molar-refractivity contribution in [2.75, 3.05) is 18.2 Å². The van der Waals surface area contributed by atoms with Gasteiger partial charge in [-0.2, -0.15) is 13.2 Å². The van der Waals surface area contributed by atoms with Crippen LogP contribution in [-0.4, -0.2) is 35.0 Å². The van der Waals surface area contributed by atoms with Gasteiger partial charge < -0.3 is 15.1 Å². The molecule has 11 heteroatoms. The van der Waals surface area contributed by atoms with Gasteiger partial charge in [0.25, 0.3) is 5.91 Å². The minimum atomic E-state index is -4.64. The van der Waals surface area contributed by atoms with E-state index in [4.69, 9.17) is 16.3 Å². The molecule has 2 aromatic rings. The Morgan fingerprint density at radius 1 is 1.30 bits per heavy atom. The Labute approximate surface area is 194 Å². The minimum Gasteiger partial charge on any atom is -0.490 e. The fourth-order valence-corrected chi connectivity index (χ4v) is 4.26. The van der Waals surface area contributed by atoms with Crippen LogP contribution in [0.5, 0.6) is 5.75 Å². The lowest BCUT2D eigenvalue weighted by molar-refractivity contribution is -0.137. The predicted octanol–water partition coefficient (Wildman–Crippen LogP) is 4.52. The highest BCUT2D eigenvalue weighted by atomic mass is 35.5. The second-order valence-electron chi connectivity index (χ2n) is 7.70. The summed E-state index contributed by atoms with van der Waals surface area (Å²) in [6.45, 7) is 4.65. The Bertz CT molecular complexity index is 1090. The molecule has 33 heavy (non-hydrogen) atoms. The minimum absolute atomic E-state index is 0.176. The van der Waals surface area contributed by atoms with E-state index in [1.165, 1.54) is 17.0 Å². The van der Waals surface area contributed by atoms with Gasteiger partial charge in [0, 0.05) is 19.2 Å².